The quantitative estimate of drug-likeness (QED) is 0.830. The summed E-state index contributed by atoms with van der Waals surface area (Å²) in [4.78, 5) is 21.5. The van der Waals surface area contributed by atoms with E-state index in [4.69, 9.17) is 0 Å². The summed E-state index contributed by atoms with van der Waals surface area (Å²) in [5.74, 6) is 0.577. The van der Waals surface area contributed by atoms with E-state index in [1.54, 1.807) is 11.3 Å². The zero-order valence-electron chi connectivity index (χ0n) is 14.4. The van der Waals surface area contributed by atoms with Gasteiger partial charge < -0.3 is 15.5 Å². The van der Waals surface area contributed by atoms with Crippen LogP contribution in [0.25, 0.3) is 0 Å². The molecule has 6 heteroatoms. The number of anilines is 2. The lowest BCUT2D eigenvalue weighted by atomic mass is 10.1. The van der Waals surface area contributed by atoms with Crippen LogP contribution >= 0.6 is 11.3 Å². The summed E-state index contributed by atoms with van der Waals surface area (Å²) in [6, 6.07) is 6.02. The number of thiophene rings is 1. The van der Waals surface area contributed by atoms with E-state index in [2.05, 4.69) is 26.6 Å². The molecule has 2 aromatic heterocycles. The number of nitrogens with one attached hydrogen (secondary N) is 2. The van der Waals surface area contributed by atoms with Crippen molar-refractivity contribution < 1.29 is 4.79 Å². The van der Waals surface area contributed by atoms with Crippen molar-refractivity contribution in [2.45, 2.75) is 32.1 Å². The van der Waals surface area contributed by atoms with Gasteiger partial charge in [0.15, 0.2) is 0 Å². The molecule has 1 aliphatic heterocycles. The Morgan fingerprint density at radius 3 is 2.80 bits per heavy atom. The molecule has 0 aromatic carbocycles. The Balaban J connectivity index is 1.42. The second kappa shape index (κ2) is 7.54. The molecule has 1 fully saturated rings. The van der Waals surface area contributed by atoms with Crippen molar-refractivity contribution in [3.05, 3.63) is 39.7 Å². The number of fused-ring (bicyclic) bond motifs is 1. The van der Waals surface area contributed by atoms with E-state index >= 15 is 0 Å². The first-order valence-corrected chi connectivity index (χ1v) is 9.96. The van der Waals surface area contributed by atoms with Gasteiger partial charge in [-0.05, 0) is 49.4 Å². The largest absolute Gasteiger partial charge is 0.368 e. The lowest BCUT2D eigenvalue weighted by molar-refractivity contribution is 0.103. The highest BCUT2D eigenvalue weighted by molar-refractivity contribution is 7.14. The summed E-state index contributed by atoms with van der Waals surface area (Å²) in [5.41, 5.74) is 2.48. The highest BCUT2D eigenvalue weighted by atomic mass is 32.1. The minimum absolute atomic E-state index is 0.0412. The number of amides is 1. The molecule has 1 amide bonds. The van der Waals surface area contributed by atoms with Gasteiger partial charge >= 0.3 is 0 Å². The average Bonchev–Trinajstić information content (AvgIpc) is 2.94. The van der Waals surface area contributed by atoms with Crippen LogP contribution in [0.2, 0.25) is 0 Å². The lowest BCUT2D eigenvalue weighted by Gasteiger charge is -2.29. The van der Waals surface area contributed by atoms with E-state index in [-0.39, 0.29) is 5.91 Å². The van der Waals surface area contributed by atoms with E-state index < -0.39 is 0 Å². The summed E-state index contributed by atoms with van der Waals surface area (Å²) >= 11 is 1.65. The number of hydrogen-bond donors (Lipinski definition) is 2. The van der Waals surface area contributed by atoms with Crippen molar-refractivity contribution in [3.8, 4) is 0 Å². The summed E-state index contributed by atoms with van der Waals surface area (Å²) in [6.45, 7) is 3.99. The Hall–Kier alpha value is -1.92. The van der Waals surface area contributed by atoms with Crippen molar-refractivity contribution in [1.82, 2.24) is 10.3 Å². The van der Waals surface area contributed by atoms with Gasteiger partial charge in [0.1, 0.15) is 5.82 Å². The molecule has 0 saturated carbocycles. The molecule has 0 unspecified atom stereocenters. The standard InChI is InChI=1S/C19H24N4OS/c24-19(17-12-14-4-2-1-3-5-16(14)25-17)22-18-7-6-15(13-21-18)23-10-8-20-9-11-23/h6-7,12-13,20H,1-5,8-11H2,(H,21,22,24). The molecular formula is C19H24N4OS. The molecule has 2 aromatic rings. The molecule has 4 rings (SSSR count). The van der Waals surface area contributed by atoms with Crippen LogP contribution in [-0.2, 0) is 12.8 Å². The summed E-state index contributed by atoms with van der Waals surface area (Å²) in [6.07, 6.45) is 7.85. The predicted octanol–water partition coefficient (Wildman–Crippen LogP) is 3.07. The number of aromatic nitrogens is 1. The maximum Gasteiger partial charge on any atom is 0.266 e. The minimum Gasteiger partial charge on any atom is -0.368 e. The van der Waals surface area contributed by atoms with Crippen molar-refractivity contribution in [1.29, 1.82) is 0 Å². The summed E-state index contributed by atoms with van der Waals surface area (Å²) in [7, 11) is 0. The minimum atomic E-state index is -0.0412. The maximum atomic E-state index is 12.5. The first kappa shape index (κ1) is 16.5. The van der Waals surface area contributed by atoms with E-state index in [9.17, 15) is 4.79 Å². The first-order chi connectivity index (χ1) is 12.3. The van der Waals surface area contributed by atoms with Crippen LogP contribution in [0.3, 0.4) is 0 Å². The number of nitrogens with zero attached hydrogens (tertiary/aromatic N) is 2. The lowest BCUT2D eigenvalue weighted by Crippen LogP contribution is -2.43. The molecular weight excluding hydrogens is 332 g/mol. The number of aryl methyl sites for hydroxylation is 2. The van der Waals surface area contributed by atoms with Gasteiger partial charge in [-0.3, -0.25) is 4.79 Å². The number of pyridine rings is 1. The van der Waals surface area contributed by atoms with Crippen LogP contribution in [0, 0.1) is 0 Å². The highest BCUT2D eigenvalue weighted by Crippen LogP contribution is 2.29. The van der Waals surface area contributed by atoms with Gasteiger partial charge in [0.25, 0.3) is 5.91 Å². The molecule has 3 heterocycles. The number of carbonyl (C=O) groups is 1. The third-order valence-electron chi connectivity index (χ3n) is 4.94. The van der Waals surface area contributed by atoms with E-state index in [0.717, 1.165) is 49.6 Å². The number of hydrogen-bond acceptors (Lipinski definition) is 5. The maximum absolute atomic E-state index is 12.5. The topological polar surface area (TPSA) is 57.3 Å². The zero-order chi connectivity index (χ0) is 17.1. The molecule has 0 radical (unpaired) electrons. The fraction of sp³-hybridized carbons (Fsp3) is 0.474. The molecule has 0 spiro atoms. The highest BCUT2D eigenvalue weighted by Gasteiger charge is 2.17. The van der Waals surface area contributed by atoms with E-state index in [1.807, 2.05) is 18.3 Å². The van der Waals surface area contributed by atoms with Crippen LogP contribution in [0.15, 0.2) is 24.4 Å². The molecule has 2 aliphatic rings. The normalized spacial score (nSPS) is 17.7. The van der Waals surface area contributed by atoms with Crippen molar-refractivity contribution in [2.24, 2.45) is 0 Å². The fourth-order valence-corrected chi connectivity index (χ4v) is 4.68. The summed E-state index contributed by atoms with van der Waals surface area (Å²) in [5, 5.41) is 6.29. The molecule has 5 nitrogen and oxygen atoms in total. The van der Waals surface area contributed by atoms with Crippen LogP contribution in [0.5, 0.6) is 0 Å². The van der Waals surface area contributed by atoms with Crippen molar-refractivity contribution >= 4 is 28.7 Å². The third kappa shape index (κ3) is 3.85. The number of piperazine rings is 1. The first-order valence-electron chi connectivity index (χ1n) is 9.14. The second-order valence-electron chi connectivity index (χ2n) is 6.71. The third-order valence-corrected chi connectivity index (χ3v) is 6.18. The predicted molar refractivity (Wildman–Crippen MR) is 103 cm³/mol. The van der Waals surface area contributed by atoms with Crippen LogP contribution in [0.1, 0.15) is 39.4 Å². The Kier molecular flexibility index (Phi) is 4.99. The van der Waals surface area contributed by atoms with Gasteiger partial charge in [0.2, 0.25) is 0 Å². The Bertz CT molecular complexity index is 711. The van der Waals surface area contributed by atoms with Crippen molar-refractivity contribution in [2.75, 3.05) is 36.4 Å². The molecule has 0 bridgehead atoms. The van der Waals surface area contributed by atoms with E-state index in [0.29, 0.717) is 5.82 Å². The van der Waals surface area contributed by atoms with Crippen LogP contribution in [-0.4, -0.2) is 37.1 Å². The monoisotopic (exact) mass is 356 g/mol. The molecule has 25 heavy (non-hydrogen) atoms. The fourth-order valence-electron chi connectivity index (χ4n) is 3.53. The second-order valence-corrected chi connectivity index (χ2v) is 7.85. The Morgan fingerprint density at radius 1 is 1.16 bits per heavy atom. The van der Waals surface area contributed by atoms with Crippen LogP contribution in [0.4, 0.5) is 11.5 Å². The SMILES string of the molecule is O=C(Nc1ccc(N2CCNCC2)cn1)c1cc2c(s1)CCCCC2. The number of rotatable bonds is 3. The van der Waals surface area contributed by atoms with E-state index in [1.165, 1.54) is 29.7 Å². The van der Waals surface area contributed by atoms with Gasteiger partial charge in [-0.25, -0.2) is 4.98 Å². The number of carbonyl (C=O) groups excluding carboxylic acids is 1. The van der Waals surface area contributed by atoms with Gasteiger partial charge in [-0.2, -0.15) is 0 Å². The zero-order valence-corrected chi connectivity index (χ0v) is 15.2. The molecule has 1 aliphatic carbocycles. The average molecular weight is 356 g/mol. The van der Waals surface area contributed by atoms with Crippen molar-refractivity contribution in [3.63, 3.8) is 0 Å². The smallest absolute Gasteiger partial charge is 0.266 e. The Morgan fingerprint density at radius 2 is 2.00 bits per heavy atom. The molecule has 2 N–H and O–H groups in total. The van der Waals surface area contributed by atoms with Gasteiger partial charge in [0.05, 0.1) is 16.8 Å². The van der Waals surface area contributed by atoms with Crippen LogP contribution < -0.4 is 15.5 Å². The molecule has 0 atom stereocenters. The van der Waals surface area contributed by atoms with Gasteiger partial charge in [0, 0.05) is 31.1 Å². The molecule has 132 valence electrons. The summed E-state index contributed by atoms with van der Waals surface area (Å²) < 4.78 is 0. The van der Waals surface area contributed by atoms with Gasteiger partial charge in [-0.1, -0.05) is 6.42 Å². The molecule has 1 saturated heterocycles. The van der Waals surface area contributed by atoms with Gasteiger partial charge in [-0.15, -0.1) is 11.3 Å². The Labute approximate surface area is 152 Å².